The third kappa shape index (κ3) is 1.47. The van der Waals surface area contributed by atoms with Gasteiger partial charge in [0.15, 0.2) is 0 Å². The van der Waals surface area contributed by atoms with Crippen molar-refractivity contribution in [1.82, 2.24) is 0 Å². The van der Waals surface area contributed by atoms with Crippen LogP contribution in [-0.2, 0) is 0 Å². The van der Waals surface area contributed by atoms with Gasteiger partial charge in [0.2, 0.25) is 0 Å². The van der Waals surface area contributed by atoms with Crippen molar-refractivity contribution in [3.63, 3.8) is 0 Å². The van der Waals surface area contributed by atoms with Crippen LogP contribution >= 0.6 is 0 Å². The van der Waals surface area contributed by atoms with E-state index in [1.165, 1.54) is 0 Å². The molecule has 0 unspecified atom stereocenters. The molecule has 0 aromatic carbocycles. The molecule has 0 aromatic rings. The molecule has 0 saturated heterocycles. The molecule has 3 aliphatic carbocycles. The van der Waals surface area contributed by atoms with Gasteiger partial charge in [-0.15, -0.1) is 0 Å². The highest BCUT2D eigenvalue weighted by Gasteiger charge is 2.69. The van der Waals surface area contributed by atoms with Crippen molar-refractivity contribution in [2.75, 3.05) is 13.2 Å². The highest BCUT2D eigenvalue weighted by atomic mass is 16.3. The lowest BCUT2D eigenvalue weighted by Crippen LogP contribution is -2.44. The fourth-order valence-electron chi connectivity index (χ4n) is 5.38. The second kappa shape index (κ2) is 3.94. The molecule has 3 N–H and O–H groups in total. The monoisotopic (exact) mass is 254 g/mol. The lowest BCUT2D eigenvalue weighted by atomic mass is 9.74. The standard InChI is InChI=1S/C15H26O3/c1-9-3-4-10-12(9)13-11(14(13,2)7-16)5-6-15(10,18)8-17/h9-13,16-18H,3-8H2,1-2H3/t9-,10+,11-,12-,13+,14-,15+/m1/s1. The minimum atomic E-state index is -0.862. The van der Waals surface area contributed by atoms with E-state index in [0.29, 0.717) is 30.1 Å². The quantitative estimate of drug-likeness (QED) is 0.698. The third-order valence-corrected chi connectivity index (χ3v) is 6.60. The van der Waals surface area contributed by atoms with Crippen LogP contribution in [0.3, 0.4) is 0 Å². The fourth-order valence-corrected chi connectivity index (χ4v) is 5.38. The Morgan fingerprint density at radius 1 is 1.06 bits per heavy atom. The lowest BCUT2D eigenvalue weighted by molar-refractivity contribution is -0.0843. The van der Waals surface area contributed by atoms with Crippen molar-refractivity contribution in [3.8, 4) is 0 Å². The van der Waals surface area contributed by atoms with E-state index in [0.717, 1.165) is 19.3 Å². The van der Waals surface area contributed by atoms with Gasteiger partial charge in [-0.05, 0) is 54.3 Å². The van der Waals surface area contributed by atoms with E-state index in [9.17, 15) is 15.3 Å². The van der Waals surface area contributed by atoms with Crippen molar-refractivity contribution < 1.29 is 15.3 Å². The van der Waals surface area contributed by atoms with Gasteiger partial charge in [-0.3, -0.25) is 0 Å². The predicted octanol–water partition coefficient (Wildman–Crippen LogP) is 1.41. The van der Waals surface area contributed by atoms with Crippen LogP contribution in [0, 0.1) is 35.0 Å². The maximum atomic E-state index is 10.7. The number of rotatable bonds is 2. The molecule has 3 aliphatic rings. The van der Waals surface area contributed by atoms with E-state index in [2.05, 4.69) is 13.8 Å². The molecule has 7 atom stereocenters. The molecule has 0 aliphatic heterocycles. The number of fused-ring (bicyclic) bond motifs is 3. The summed E-state index contributed by atoms with van der Waals surface area (Å²) < 4.78 is 0. The molecule has 0 radical (unpaired) electrons. The summed E-state index contributed by atoms with van der Waals surface area (Å²) in [5.41, 5.74) is -0.780. The van der Waals surface area contributed by atoms with E-state index in [-0.39, 0.29) is 24.5 Å². The highest BCUT2D eigenvalue weighted by Crippen LogP contribution is 2.71. The van der Waals surface area contributed by atoms with E-state index >= 15 is 0 Å². The van der Waals surface area contributed by atoms with Crippen LogP contribution in [0.25, 0.3) is 0 Å². The predicted molar refractivity (Wildman–Crippen MR) is 68.8 cm³/mol. The second-order valence-electron chi connectivity index (χ2n) is 7.34. The van der Waals surface area contributed by atoms with Crippen molar-refractivity contribution in [3.05, 3.63) is 0 Å². The van der Waals surface area contributed by atoms with Gasteiger partial charge < -0.3 is 15.3 Å². The van der Waals surface area contributed by atoms with Gasteiger partial charge in [-0.1, -0.05) is 20.3 Å². The normalized spacial score (nSPS) is 58.8. The summed E-state index contributed by atoms with van der Waals surface area (Å²) in [7, 11) is 0. The summed E-state index contributed by atoms with van der Waals surface area (Å²) in [6.45, 7) is 4.65. The summed E-state index contributed by atoms with van der Waals surface area (Å²) in [4.78, 5) is 0. The molecule has 104 valence electrons. The van der Waals surface area contributed by atoms with Gasteiger partial charge >= 0.3 is 0 Å². The van der Waals surface area contributed by atoms with Gasteiger partial charge in [-0.2, -0.15) is 0 Å². The summed E-state index contributed by atoms with van der Waals surface area (Å²) in [6.07, 6.45) is 3.85. The lowest BCUT2D eigenvalue weighted by Gasteiger charge is -2.37. The third-order valence-electron chi connectivity index (χ3n) is 6.60. The first-order chi connectivity index (χ1) is 8.48. The van der Waals surface area contributed by atoms with Crippen LogP contribution in [-0.4, -0.2) is 34.1 Å². The van der Waals surface area contributed by atoms with E-state index in [4.69, 9.17) is 0 Å². The minimum absolute atomic E-state index is 0.0816. The molecular formula is C15H26O3. The summed E-state index contributed by atoms with van der Waals surface area (Å²) in [6, 6.07) is 0. The van der Waals surface area contributed by atoms with Gasteiger partial charge in [0.05, 0.1) is 12.2 Å². The largest absolute Gasteiger partial charge is 0.396 e. The summed E-state index contributed by atoms with van der Waals surface area (Å²) >= 11 is 0. The first-order valence-electron chi connectivity index (χ1n) is 7.42. The summed E-state index contributed by atoms with van der Waals surface area (Å²) in [5.74, 6) is 2.46. The average Bonchev–Trinajstić information content (AvgIpc) is 2.82. The molecule has 18 heavy (non-hydrogen) atoms. The molecule has 0 heterocycles. The Bertz CT molecular complexity index is 345. The van der Waals surface area contributed by atoms with Crippen LogP contribution in [0.15, 0.2) is 0 Å². The average molecular weight is 254 g/mol. The van der Waals surface area contributed by atoms with Crippen molar-refractivity contribution in [1.29, 1.82) is 0 Å². The van der Waals surface area contributed by atoms with Crippen molar-refractivity contribution >= 4 is 0 Å². The van der Waals surface area contributed by atoms with Gasteiger partial charge in [-0.25, -0.2) is 0 Å². The molecule has 3 nitrogen and oxygen atoms in total. The Morgan fingerprint density at radius 3 is 2.39 bits per heavy atom. The number of hydrogen-bond acceptors (Lipinski definition) is 3. The molecule has 3 fully saturated rings. The van der Waals surface area contributed by atoms with Gasteiger partial charge in [0.1, 0.15) is 0 Å². The Hall–Kier alpha value is -0.120. The maximum Gasteiger partial charge on any atom is 0.0908 e. The number of aliphatic hydroxyl groups is 3. The van der Waals surface area contributed by atoms with E-state index in [1.54, 1.807) is 0 Å². The molecule has 0 amide bonds. The number of aliphatic hydroxyl groups excluding tert-OH is 2. The molecule has 0 aromatic heterocycles. The molecule has 3 saturated carbocycles. The smallest absolute Gasteiger partial charge is 0.0908 e. The maximum absolute atomic E-state index is 10.7. The Balaban J connectivity index is 1.93. The molecule has 0 bridgehead atoms. The van der Waals surface area contributed by atoms with E-state index < -0.39 is 5.60 Å². The van der Waals surface area contributed by atoms with Crippen LogP contribution in [0.1, 0.15) is 39.5 Å². The van der Waals surface area contributed by atoms with Crippen molar-refractivity contribution in [2.45, 2.75) is 45.1 Å². The minimum Gasteiger partial charge on any atom is -0.396 e. The first-order valence-corrected chi connectivity index (χ1v) is 7.42. The Kier molecular flexibility index (Phi) is 2.82. The van der Waals surface area contributed by atoms with Crippen LogP contribution in [0.4, 0.5) is 0 Å². The van der Waals surface area contributed by atoms with Gasteiger partial charge in [0, 0.05) is 6.61 Å². The zero-order chi connectivity index (χ0) is 13.1. The zero-order valence-electron chi connectivity index (χ0n) is 11.5. The van der Waals surface area contributed by atoms with Crippen LogP contribution in [0.5, 0.6) is 0 Å². The first kappa shape index (κ1) is 12.9. The molecule has 3 heteroatoms. The molecule has 0 spiro atoms. The van der Waals surface area contributed by atoms with E-state index in [1.807, 2.05) is 0 Å². The van der Waals surface area contributed by atoms with Crippen molar-refractivity contribution in [2.24, 2.45) is 35.0 Å². The number of hydrogen-bond donors (Lipinski definition) is 3. The van der Waals surface area contributed by atoms with Crippen LogP contribution < -0.4 is 0 Å². The summed E-state index contributed by atoms with van der Waals surface area (Å²) in [5, 5.41) is 30.0. The second-order valence-corrected chi connectivity index (χ2v) is 7.34. The highest BCUT2D eigenvalue weighted by molar-refractivity contribution is 5.17. The molecule has 3 rings (SSSR count). The SMILES string of the molecule is C[C@@H]1CC[C@H]2[C@@H]1[C@@H]1[C@@H](CC[C@]2(O)CO)[C@@]1(C)CO. The Morgan fingerprint density at radius 2 is 1.78 bits per heavy atom. The fraction of sp³-hybridized carbons (Fsp3) is 1.00. The molecular weight excluding hydrogens is 228 g/mol. The Labute approximate surface area is 109 Å². The van der Waals surface area contributed by atoms with Crippen LogP contribution in [0.2, 0.25) is 0 Å². The zero-order valence-corrected chi connectivity index (χ0v) is 11.5. The topological polar surface area (TPSA) is 60.7 Å². The van der Waals surface area contributed by atoms with Gasteiger partial charge in [0.25, 0.3) is 0 Å².